The molecule has 27 heavy (non-hydrogen) atoms. The number of carbonyl (C=O) groups is 1. The monoisotopic (exact) mass is 384 g/mol. The average Bonchev–Trinajstić information content (AvgIpc) is 3.32. The zero-order valence-corrected chi connectivity index (χ0v) is 17.0. The number of aromatic amines is 1. The summed E-state index contributed by atoms with van der Waals surface area (Å²) in [5, 5.41) is 3.26. The number of hydrogen-bond acceptors (Lipinski definition) is 3. The van der Waals surface area contributed by atoms with E-state index in [1.807, 2.05) is 53.4 Å². The van der Waals surface area contributed by atoms with Crippen molar-refractivity contribution in [1.82, 2.24) is 19.9 Å². The topological polar surface area (TPSA) is 62.7 Å². The third-order valence-electron chi connectivity index (χ3n) is 4.65. The van der Waals surface area contributed by atoms with Crippen molar-refractivity contribution in [3.63, 3.8) is 0 Å². The van der Waals surface area contributed by atoms with Crippen molar-refractivity contribution in [1.29, 1.82) is 0 Å². The van der Waals surface area contributed by atoms with Gasteiger partial charge in [0.2, 0.25) is 5.91 Å². The molecular weight excluding hydrogens is 356 g/mol. The van der Waals surface area contributed by atoms with Crippen LogP contribution in [0.15, 0.2) is 48.8 Å². The van der Waals surface area contributed by atoms with Gasteiger partial charge in [-0.05, 0) is 55.0 Å². The van der Waals surface area contributed by atoms with Crippen LogP contribution < -0.4 is 5.32 Å². The first kappa shape index (κ1) is 19.5. The molecular formula is C21H28N4OS. The lowest BCUT2D eigenvalue weighted by molar-refractivity contribution is -0.125. The summed E-state index contributed by atoms with van der Waals surface area (Å²) in [6.07, 6.45) is 7.65. The molecule has 1 aromatic carbocycles. The minimum atomic E-state index is -0.207. The van der Waals surface area contributed by atoms with E-state index in [9.17, 15) is 4.79 Å². The zero-order valence-electron chi connectivity index (χ0n) is 16.2. The van der Waals surface area contributed by atoms with Crippen molar-refractivity contribution in [2.75, 3.05) is 12.0 Å². The molecule has 0 bridgehead atoms. The number of para-hydroxylation sites is 2. The van der Waals surface area contributed by atoms with Crippen molar-refractivity contribution in [3.05, 3.63) is 54.6 Å². The lowest BCUT2D eigenvalue weighted by atomic mass is 10.0. The maximum Gasteiger partial charge on any atom is 0.243 e. The first-order chi connectivity index (χ1) is 13.1. The number of nitrogens with one attached hydrogen (secondary N) is 2. The van der Waals surface area contributed by atoms with E-state index in [1.165, 1.54) is 0 Å². The summed E-state index contributed by atoms with van der Waals surface area (Å²) in [6, 6.07) is 11.6. The number of carbonyl (C=O) groups excluding carboxylic acids is 1. The molecule has 0 saturated carbocycles. The Bertz CT molecular complexity index is 823. The summed E-state index contributed by atoms with van der Waals surface area (Å²) >= 11 is 1.78. The van der Waals surface area contributed by atoms with Gasteiger partial charge in [0.25, 0.3) is 0 Å². The summed E-state index contributed by atoms with van der Waals surface area (Å²) in [7, 11) is 0. The summed E-state index contributed by atoms with van der Waals surface area (Å²) in [6.45, 7) is 4.29. The summed E-state index contributed by atoms with van der Waals surface area (Å²) in [5.41, 5.74) is 1.93. The predicted molar refractivity (Wildman–Crippen MR) is 113 cm³/mol. The van der Waals surface area contributed by atoms with Gasteiger partial charge in [-0.15, -0.1) is 0 Å². The fourth-order valence-corrected chi connectivity index (χ4v) is 3.76. The van der Waals surface area contributed by atoms with Crippen molar-refractivity contribution >= 4 is 28.7 Å². The van der Waals surface area contributed by atoms with E-state index in [0.29, 0.717) is 5.92 Å². The first-order valence-electron chi connectivity index (χ1n) is 9.45. The molecule has 0 aliphatic rings. The van der Waals surface area contributed by atoms with Gasteiger partial charge in [0.1, 0.15) is 11.9 Å². The predicted octanol–water partition coefficient (Wildman–Crippen LogP) is 4.56. The van der Waals surface area contributed by atoms with Crippen LogP contribution in [0.2, 0.25) is 0 Å². The average molecular weight is 385 g/mol. The van der Waals surface area contributed by atoms with Gasteiger partial charge in [0.15, 0.2) is 0 Å². The molecule has 2 heterocycles. The Morgan fingerprint density at radius 3 is 2.63 bits per heavy atom. The van der Waals surface area contributed by atoms with Crippen LogP contribution in [-0.2, 0) is 4.79 Å². The van der Waals surface area contributed by atoms with E-state index in [0.717, 1.165) is 35.5 Å². The number of rotatable bonds is 9. The van der Waals surface area contributed by atoms with Gasteiger partial charge in [0.05, 0.1) is 17.1 Å². The standard InChI is InChI=1S/C21H28N4OS/c1-15(2)14-19(25-11-6-7-12-25)21(26)24-18(10-13-27-3)20-22-16-8-4-5-9-17(16)23-20/h4-9,11-12,15,18-19H,10,13-14H2,1-3H3,(H,22,23)(H,24,26)/t18-,19+/m0/s1. The number of thioether (sulfide) groups is 1. The Balaban J connectivity index is 1.82. The molecule has 3 rings (SSSR count). The van der Waals surface area contributed by atoms with Gasteiger partial charge in [0, 0.05) is 12.4 Å². The molecule has 0 spiro atoms. The molecule has 0 unspecified atom stereocenters. The van der Waals surface area contributed by atoms with Gasteiger partial charge in [-0.25, -0.2) is 4.98 Å². The van der Waals surface area contributed by atoms with Crippen LogP contribution in [0.1, 0.15) is 44.6 Å². The molecule has 0 aliphatic carbocycles. The molecule has 2 N–H and O–H groups in total. The number of nitrogens with zero attached hydrogens (tertiary/aromatic N) is 2. The van der Waals surface area contributed by atoms with Gasteiger partial charge in [-0.3, -0.25) is 4.79 Å². The smallest absolute Gasteiger partial charge is 0.243 e. The lowest BCUT2D eigenvalue weighted by Crippen LogP contribution is -2.36. The highest BCUT2D eigenvalue weighted by atomic mass is 32.2. The fraction of sp³-hybridized carbons (Fsp3) is 0.429. The second kappa shape index (κ2) is 9.13. The van der Waals surface area contributed by atoms with Crippen molar-refractivity contribution in [3.8, 4) is 0 Å². The van der Waals surface area contributed by atoms with Crippen LogP contribution in [0, 0.1) is 5.92 Å². The van der Waals surface area contributed by atoms with Gasteiger partial charge >= 0.3 is 0 Å². The van der Waals surface area contributed by atoms with E-state index >= 15 is 0 Å². The maximum atomic E-state index is 13.2. The molecule has 1 amide bonds. The highest BCUT2D eigenvalue weighted by Crippen LogP contribution is 2.23. The Labute approximate surface area is 165 Å². The highest BCUT2D eigenvalue weighted by molar-refractivity contribution is 7.98. The van der Waals surface area contributed by atoms with E-state index in [2.05, 4.69) is 30.4 Å². The second-order valence-corrected chi connectivity index (χ2v) is 8.24. The third kappa shape index (κ3) is 4.95. The van der Waals surface area contributed by atoms with Crippen LogP contribution in [0.4, 0.5) is 0 Å². The van der Waals surface area contributed by atoms with E-state index < -0.39 is 0 Å². The third-order valence-corrected chi connectivity index (χ3v) is 5.29. The summed E-state index contributed by atoms with van der Waals surface area (Å²) in [5.74, 6) is 2.26. The minimum Gasteiger partial charge on any atom is -0.344 e. The number of imidazole rings is 1. The Morgan fingerprint density at radius 2 is 1.96 bits per heavy atom. The number of fused-ring (bicyclic) bond motifs is 1. The van der Waals surface area contributed by atoms with Crippen LogP contribution in [-0.4, -0.2) is 32.5 Å². The van der Waals surface area contributed by atoms with E-state index in [1.54, 1.807) is 11.8 Å². The molecule has 2 aromatic heterocycles. The van der Waals surface area contributed by atoms with Crippen LogP contribution in [0.3, 0.4) is 0 Å². The van der Waals surface area contributed by atoms with Crippen molar-refractivity contribution in [2.24, 2.45) is 5.92 Å². The highest BCUT2D eigenvalue weighted by Gasteiger charge is 2.25. The Hall–Kier alpha value is -2.21. The molecule has 5 nitrogen and oxygen atoms in total. The van der Waals surface area contributed by atoms with Gasteiger partial charge in [-0.2, -0.15) is 11.8 Å². The van der Waals surface area contributed by atoms with Gasteiger partial charge in [-0.1, -0.05) is 26.0 Å². The van der Waals surface area contributed by atoms with Crippen molar-refractivity contribution in [2.45, 2.75) is 38.8 Å². The molecule has 3 aromatic rings. The number of amides is 1. The number of hydrogen-bond donors (Lipinski definition) is 2. The van der Waals surface area contributed by atoms with Crippen LogP contribution in [0.25, 0.3) is 11.0 Å². The SMILES string of the molecule is CSCC[C@H](NC(=O)[C@@H](CC(C)C)n1cccc1)c1nc2ccccc2[nH]1. The molecule has 2 atom stereocenters. The minimum absolute atomic E-state index is 0.0476. The molecule has 0 fully saturated rings. The number of benzene rings is 1. The summed E-state index contributed by atoms with van der Waals surface area (Å²) < 4.78 is 2.00. The normalized spacial score (nSPS) is 13.8. The first-order valence-corrected chi connectivity index (χ1v) is 10.8. The molecule has 144 valence electrons. The second-order valence-electron chi connectivity index (χ2n) is 7.26. The van der Waals surface area contributed by atoms with Gasteiger partial charge < -0.3 is 14.9 Å². The zero-order chi connectivity index (χ0) is 19.2. The molecule has 0 aliphatic heterocycles. The van der Waals surface area contributed by atoms with E-state index in [4.69, 9.17) is 4.98 Å². The van der Waals surface area contributed by atoms with E-state index in [-0.39, 0.29) is 18.0 Å². The quantitative estimate of drug-likeness (QED) is 0.568. The molecule has 0 radical (unpaired) electrons. The lowest BCUT2D eigenvalue weighted by Gasteiger charge is -2.24. The number of aromatic nitrogens is 3. The Kier molecular flexibility index (Phi) is 6.61. The molecule has 0 saturated heterocycles. The molecule has 6 heteroatoms. The van der Waals surface area contributed by atoms with Crippen LogP contribution in [0.5, 0.6) is 0 Å². The number of H-pyrrole nitrogens is 1. The van der Waals surface area contributed by atoms with Crippen molar-refractivity contribution < 1.29 is 4.79 Å². The Morgan fingerprint density at radius 1 is 1.22 bits per heavy atom. The maximum absolute atomic E-state index is 13.2. The van der Waals surface area contributed by atoms with Crippen LogP contribution >= 0.6 is 11.8 Å². The fourth-order valence-electron chi connectivity index (χ4n) is 3.28. The summed E-state index contributed by atoms with van der Waals surface area (Å²) in [4.78, 5) is 21.3. The largest absolute Gasteiger partial charge is 0.344 e.